The predicted octanol–water partition coefficient (Wildman–Crippen LogP) is 20.4. The predicted molar refractivity (Wildman–Crippen MR) is 293 cm³/mol. The van der Waals surface area contributed by atoms with Crippen LogP contribution in [0.15, 0.2) is 0 Å². The lowest BCUT2D eigenvalue weighted by atomic mass is 10.0. The number of hydrogen-bond acceptors (Lipinski definition) is 6. The van der Waals surface area contributed by atoms with E-state index in [-0.39, 0.29) is 31.1 Å². The molecule has 0 fully saturated rings. The second kappa shape index (κ2) is 54.7. The molecule has 0 aliphatic heterocycles. The minimum Gasteiger partial charge on any atom is -0.462 e. The first-order valence-electron chi connectivity index (χ1n) is 30.7. The van der Waals surface area contributed by atoms with Crippen LogP contribution < -0.4 is 0 Å². The minimum absolute atomic E-state index is 0.0625. The number of unbranched alkanes of at least 4 members (excludes halogenated alkanes) is 41. The largest absolute Gasteiger partial charge is 0.462 e. The molecule has 0 aromatic heterocycles. The van der Waals surface area contributed by atoms with Crippen molar-refractivity contribution >= 4 is 17.9 Å². The Morgan fingerprint density at radius 1 is 0.279 bits per heavy atom. The third kappa shape index (κ3) is 55.3. The number of carbonyl (C=O) groups is 3. The summed E-state index contributed by atoms with van der Waals surface area (Å²) in [7, 11) is 0. The van der Waals surface area contributed by atoms with Crippen LogP contribution in [0.3, 0.4) is 0 Å². The number of rotatable bonds is 56. The second-order valence-electron chi connectivity index (χ2n) is 22.3. The van der Waals surface area contributed by atoms with Gasteiger partial charge in [-0.15, -0.1) is 0 Å². The van der Waals surface area contributed by atoms with Crippen molar-refractivity contribution in [3.63, 3.8) is 0 Å². The van der Waals surface area contributed by atoms with Crippen molar-refractivity contribution in [1.29, 1.82) is 0 Å². The van der Waals surface area contributed by atoms with Gasteiger partial charge in [0, 0.05) is 19.3 Å². The van der Waals surface area contributed by atoms with Crippen molar-refractivity contribution in [1.82, 2.24) is 0 Å². The highest BCUT2D eigenvalue weighted by atomic mass is 16.6. The van der Waals surface area contributed by atoms with Gasteiger partial charge in [0.25, 0.3) is 0 Å². The van der Waals surface area contributed by atoms with E-state index >= 15 is 0 Å². The maximum absolute atomic E-state index is 12.9. The monoisotopic (exact) mass is 961 g/mol. The standard InChI is InChI=1S/C62H120O6/c1-6-7-8-9-10-11-12-13-14-15-16-20-23-26-32-37-42-47-52-60(63)66-55-59(68-62(65)54-49-44-39-34-29-28-31-36-41-46-51-58(4)5)56-67-61(64)53-48-43-38-33-27-24-21-18-17-19-22-25-30-35-40-45-50-57(2)3/h57-59H,6-56H2,1-5H3/t59-/m1/s1. The van der Waals surface area contributed by atoms with E-state index in [1.54, 1.807) is 0 Å². The Hall–Kier alpha value is -1.59. The van der Waals surface area contributed by atoms with Gasteiger partial charge in [0.15, 0.2) is 6.10 Å². The summed E-state index contributed by atoms with van der Waals surface area (Å²) in [4.78, 5) is 38.2. The summed E-state index contributed by atoms with van der Waals surface area (Å²) >= 11 is 0. The van der Waals surface area contributed by atoms with E-state index in [2.05, 4.69) is 34.6 Å². The third-order valence-electron chi connectivity index (χ3n) is 14.2. The Morgan fingerprint density at radius 3 is 0.721 bits per heavy atom. The molecule has 0 bridgehead atoms. The molecule has 0 rings (SSSR count). The fourth-order valence-electron chi connectivity index (χ4n) is 9.58. The second-order valence-corrected chi connectivity index (χ2v) is 22.3. The van der Waals surface area contributed by atoms with E-state index in [4.69, 9.17) is 14.2 Å². The highest BCUT2D eigenvalue weighted by Crippen LogP contribution is 2.19. The molecular weight excluding hydrogens is 841 g/mol. The third-order valence-corrected chi connectivity index (χ3v) is 14.2. The molecule has 6 nitrogen and oxygen atoms in total. The summed E-state index contributed by atoms with van der Waals surface area (Å²) in [6.07, 6.45) is 59.6. The smallest absolute Gasteiger partial charge is 0.306 e. The average molecular weight is 962 g/mol. The average Bonchev–Trinajstić information content (AvgIpc) is 3.31. The lowest BCUT2D eigenvalue weighted by molar-refractivity contribution is -0.167. The molecule has 0 spiro atoms. The SMILES string of the molecule is CCCCCCCCCCCCCCCCCCCCC(=O)OC[C@H](COC(=O)CCCCCCCCCCCCCCCCCCC(C)C)OC(=O)CCCCCCCCCCCCC(C)C. The number of ether oxygens (including phenoxy) is 3. The molecule has 0 aliphatic carbocycles. The quantitative estimate of drug-likeness (QED) is 0.0343. The first-order chi connectivity index (χ1) is 33.2. The van der Waals surface area contributed by atoms with Gasteiger partial charge >= 0.3 is 17.9 Å². The van der Waals surface area contributed by atoms with Gasteiger partial charge in [-0.2, -0.15) is 0 Å². The van der Waals surface area contributed by atoms with Crippen LogP contribution in [0.5, 0.6) is 0 Å². The summed E-state index contributed by atoms with van der Waals surface area (Å²) < 4.78 is 16.9. The molecular formula is C62H120O6. The Balaban J connectivity index is 4.25. The topological polar surface area (TPSA) is 78.9 Å². The summed E-state index contributed by atoms with van der Waals surface area (Å²) in [5.41, 5.74) is 0. The minimum atomic E-state index is -0.763. The lowest BCUT2D eigenvalue weighted by Gasteiger charge is -2.18. The summed E-state index contributed by atoms with van der Waals surface area (Å²) in [5.74, 6) is 0.833. The van der Waals surface area contributed by atoms with E-state index in [0.717, 1.165) is 69.6 Å². The summed E-state index contributed by atoms with van der Waals surface area (Å²) in [6, 6.07) is 0. The van der Waals surface area contributed by atoms with Gasteiger partial charge in [0.2, 0.25) is 0 Å². The van der Waals surface area contributed by atoms with E-state index in [0.29, 0.717) is 19.3 Å². The van der Waals surface area contributed by atoms with Crippen LogP contribution in [-0.4, -0.2) is 37.2 Å². The van der Waals surface area contributed by atoms with E-state index in [1.165, 1.54) is 238 Å². The van der Waals surface area contributed by atoms with Gasteiger partial charge in [0.05, 0.1) is 0 Å². The van der Waals surface area contributed by atoms with Gasteiger partial charge in [0.1, 0.15) is 13.2 Å². The molecule has 404 valence electrons. The van der Waals surface area contributed by atoms with Crippen LogP contribution in [0.4, 0.5) is 0 Å². The number of carbonyl (C=O) groups excluding carboxylic acids is 3. The van der Waals surface area contributed by atoms with E-state index < -0.39 is 6.10 Å². The highest BCUT2D eigenvalue weighted by molar-refractivity contribution is 5.71. The molecule has 0 radical (unpaired) electrons. The number of esters is 3. The van der Waals surface area contributed by atoms with Crippen molar-refractivity contribution in [3.05, 3.63) is 0 Å². The zero-order chi connectivity index (χ0) is 49.6. The summed E-state index contributed by atoms with van der Waals surface area (Å²) in [5, 5.41) is 0. The first kappa shape index (κ1) is 66.4. The van der Waals surface area contributed by atoms with E-state index in [1.807, 2.05) is 0 Å². The van der Waals surface area contributed by atoms with Crippen LogP contribution in [-0.2, 0) is 28.6 Å². The molecule has 0 heterocycles. The zero-order valence-corrected chi connectivity index (χ0v) is 46.7. The Kier molecular flexibility index (Phi) is 53.5. The maximum Gasteiger partial charge on any atom is 0.306 e. The molecule has 0 aromatic carbocycles. The molecule has 0 aliphatic rings. The highest BCUT2D eigenvalue weighted by Gasteiger charge is 2.19. The van der Waals surface area contributed by atoms with Crippen LogP contribution in [0, 0.1) is 11.8 Å². The fourth-order valence-corrected chi connectivity index (χ4v) is 9.58. The molecule has 0 amide bonds. The number of hydrogen-bond donors (Lipinski definition) is 0. The Bertz CT molecular complexity index is 1040. The Morgan fingerprint density at radius 2 is 0.485 bits per heavy atom. The van der Waals surface area contributed by atoms with Crippen molar-refractivity contribution in [2.45, 2.75) is 355 Å². The lowest BCUT2D eigenvalue weighted by Crippen LogP contribution is -2.30. The Labute approximate surface area is 425 Å². The maximum atomic E-state index is 12.9. The van der Waals surface area contributed by atoms with Crippen LogP contribution >= 0.6 is 0 Å². The molecule has 68 heavy (non-hydrogen) atoms. The van der Waals surface area contributed by atoms with Crippen molar-refractivity contribution < 1.29 is 28.6 Å². The molecule has 0 unspecified atom stereocenters. The first-order valence-corrected chi connectivity index (χ1v) is 30.7. The molecule has 0 aromatic rings. The molecule has 0 saturated heterocycles. The van der Waals surface area contributed by atoms with Gasteiger partial charge < -0.3 is 14.2 Å². The molecule has 1 atom stereocenters. The zero-order valence-electron chi connectivity index (χ0n) is 46.7. The van der Waals surface area contributed by atoms with Gasteiger partial charge in [-0.3, -0.25) is 14.4 Å². The van der Waals surface area contributed by atoms with Crippen molar-refractivity contribution in [3.8, 4) is 0 Å². The van der Waals surface area contributed by atoms with Gasteiger partial charge in [-0.05, 0) is 31.1 Å². The summed E-state index contributed by atoms with van der Waals surface area (Å²) in [6.45, 7) is 11.4. The van der Waals surface area contributed by atoms with Crippen LogP contribution in [0.2, 0.25) is 0 Å². The van der Waals surface area contributed by atoms with Crippen molar-refractivity contribution in [2.24, 2.45) is 11.8 Å². The molecule has 0 N–H and O–H groups in total. The van der Waals surface area contributed by atoms with E-state index in [9.17, 15) is 14.4 Å². The van der Waals surface area contributed by atoms with Crippen LogP contribution in [0.1, 0.15) is 349 Å². The van der Waals surface area contributed by atoms with Crippen molar-refractivity contribution in [2.75, 3.05) is 13.2 Å². The van der Waals surface area contributed by atoms with Crippen LogP contribution in [0.25, 0.3) is 0 Å². The molecule has 6 heteroatoms. The van der Waals surface area contributed by atoms with Gasteiger partial charge in [-0.25, -0.2) is 0 Å². The normalized spacial score (nSPS) is 12.0. The van der Waals surface area contributed by atoms with Gasteiger partial charge in [-0.1, -0.05) is 311 Å². The molecule has 0 saturated carbocycles. The fraction of sp³-hybridized carbons (Fsp3) is 0.952.